The van der Waals surface area contributed by atoms with Gasteiger partial charge in [0.05, 0.1) is 10.4 Å². The summed E-state index contributed by atoms with van der Waals surface area (Å²) in [4.78, 5) is 25.3. The van der Waals surface area contributed by atoms with Crippen LogP contribution in [0.25, 0.3) is 11.1 Å². The quantitative estimate of drug-likeness (QED) is 0.796. The first-order valence-corrected chi connectivity index (χ1v) is 9.66. The van der Waals surface area contributed by atoms with Crippen LogP contribution in [-0.4, -0.2) is 54.3 Å². The van der Waals surface area contributed by atoms with E-state index in [0.717, 1.165) is 6.42 Å². The molecule has 2 aromatic rings. The van der Waals surface area contributed by atoms with Crippen molar-refractivity contribution in [1.82, 2.24) is 13.8 Å². The summed E-state index contributed by atoms with van der Waals surface area (Å²) < 4.78 is 33.4. The molecule has 0 radical (unpaired) electrons. The predicted molar refractivity (Wildman–Crippen MR) is 91.7 cm³/mol. The van der Waals surface area contributed by atoms with E-state index in [1.54, 1.807) is 4.90 Å². The van der Waals surface area contributed by atoms with Gasteiger partial charge < -0.3 is 9.32 Å². The summed E-state index contributed by atoms with van der Waals surface area (Å²) in [6.07, 6.45) is 1.26. The minimum atomic E-state index is -3.68. The molecule has 1 aliphatic heterocycles. The third-order valence-electron chi connectivity index (χ3n) is 4.46. The van der Waals surface area contributed by atoms with Crippen LogP contribution in [-0.2, 0) is 21.9 Å². The number of rotatable bonds is 4. The van der Waals surface area contributed by atoms with Crippen LogP contribution in [0, 0.1) is 0 Å². The summed E-state index contributed by atoms with van der Waals surface area (Å²) in [5, 5.41) is 0. The Kier molecular flexibility index (Phi) is 4.70. The van der Waals surface area contributed by atoms with Crippen LogP contribution in [0.3, 0.4) is 0 Å². The zero-order chi connectivity index (χ0) is 18.2. The minimum absolute atomic E-state index is 0.0642. The lowest BCUT2D eigenvalue weighted by molar-refractivity contribution is -0.132. The molecule has 0 N–H and O–H groups in total. The van der Waals surface area contributed by atoms with Crippen molar-refractivity contribution in [2.75, 3.05) is 26.2 Å². The second-order valence-electron chi connectivity index (χ2n) is 6.09. The number of piperazine rings is 1. The number of hydrogen-bond acceptors (Lipinski definition) is 5. The van der Waals surface area contributed by atoms with Gasteiger partial charge in [0.15, 0.2) is 5.58 Å². The second-order valence-corrected chi connectivity index (χ2v) is 8.03. The SMILES string of the molecule is CCCC(=O)N1CCN(S(=O)(=O)c2ccc3oc(=O)n(C)c3c2)CC1. The number of aromatic nitrogens is 1. The first kappa shape index (κ1) is 17.7. The summed E-state index contributed by atoms with van der Waals surface area (Å²) in [5.74, 6) is -0.470. The van der Waals surface area contributed by atoms with Crippen molar-refractivity contribution >= 4 is 27.0 Å². The van der Waals surface area contributed by atoms with Gasteiger partial charge in [0.1, 0.15) is 0 Å². The zero-order valence-corrected chi connectivity index (χ0v) is 15.1. The number of fused-ring (bicyclic) bond motifs is 1. The molecule has 9 heteroatoms. The van der Waals surface area contributed by atoms with E-state index in [9.17, 15) is 18.0 Å². The first-order chi connectivity index (χ1) is 11.8. The van der Waals surface area contributed by atoms with Gasteiger partial charge in [0.25, 0.3) is 0 Å². The molecule has 1 saturated heterocycles. The van der Waals surface area contributed by atoms with E-state index in [-0.39, 0.29) is 23.9 Å². The Morgan fingerprint density at radius 1 is 1.20 bits per heavy atom. The minimum Gasteiger partial charge on any atom is -0.408 e. The van der Waals surface area contributed by atoms with Crippen LogP contribution in [0.2, 0.25) is 0 Å². The molecule has 136 valence electrons. The molecule has 8 nitrogen and oxygen atoms in total. The van der Waals surface area contributed by atoms with E-state index in [1.165, 1.54) is 34.1 Å². The fourth-order valence-electron chi connectivity index (χ4n) is 2.97. The monoisotopic (exact) mass is 367 g/mol. The number of benzene rings is 1. The number of carbonyl (C=O) groups excluding carboxylic acids is 1. The molecule has 0 atom stereocenters. The molecule has 1 aromatic carbocycles. The summed E-state index contributed by atoms with van der Waals surface area (Å²) in [7, 11) is -2.15. The van der Waals surface area contributed by atoms with Crippen LogP contribution in [0.4, 0.5) is 0 Å². The molecule has 25 heavy (non-hydrogen) atoms. The molecule has 2 heterocycles. The Bertz CT molecular complexity index is 952. The molecular weight excluding hydrogens is 346 g/mol. The van der Waals surface area contributed by atoms with Gasteiger partial charge in [-0.3, -0.25) is 9.36 Å². The van der Waals surface area contributed by atoms with E-state index < -0.39 is 15.8 Å². The fraction of sp³-hybridized carbons (Fsp3) is 0.500. The lowest BCUT2D eigenvalue weighted by Crippen LogP contribution is -2.50. The Hall–Kier alpha value is -2.13. The predicted octanol–water partition coefficient (Wildman–Crippen LogP) is 0.764. The molecule has 1 aliphatic rings. The van der Waals surface area contributed by atoms with E-state index in [1.807, 2.05) is 6.92 Å². The van der Waals surface area contributed by atoms with Crippen LogP contribution in [0.5, 0.6) is 0 Å². The molecule has 0 spiro atoms. The zero-order valence-electron chi connectivity index (χ0n) is 14.3. The van der Waals surface area contributed by atoms with Gasteiger partial charge in [-0.05, 0) is 24.6 Å². The molecule has 0 unspecified atom stereocenters. The van der Waals surface area contributed by atoms with E-state index in [0.29, 0.717) is 30.6 Å². The third-order valence-corrected chi connectivity index (χ3v) is 6.35. The van der Waals surface area contributed by atoms with E-state index in [4.69, 9.17) is 4.42 Å². The largest absolute Gasteiger partial charge is 0.419 e. The Labute approximate surface area is 145 Å². The summed E-state index contributed by atoms with van der Waals surface area (Å²) >= 11 is 0. The van der Waals surface area contributed by atoms with E-state index in [2.05, 4.69) is 0 Å². The summed E-state index contributed by atoms with van der Waals surface area (Å²) in [5.41, 5.74) is 0.782. The number of hydrogen-bond donors (Lipinski definition) is 0. The van der Waals surface area contributed by atoms with Crippen LogP contribution in [0.1, 0.15) is 19.8 Å². The number of sulfonamides is 1. The average molecular weight is 367 g/mol. The van der Waals surface area contributed by atoms with Gasteiger partial charge in [-0.15, -0.1) is 0 Å². The molecule has 0 bridgehead atoms. The fourth-order valence-corrected chi connectivity index (χ4v) is 4.41. The number of aryl methyl sites for hydroxylation is 1. The van der Waals surface area contributed by atoms with Crippen molar-refractivity contribution < 1.29 is 17.6 Å². The van der Waals surface area contributed by atoms with Crippen LogP contribution < -0.4 is 5.76 Å². The average Bonchev–Trinajstić information content (AvgIpc) is 2.89. The van der Waals surface area contributed by atoms with Crippen molar-refractivity contribution in [2.24, 2.45) is 7.05 Å². The summed E-state index contributed by atoms with van der Waals surface area (Å²) in [6, 6.07) is 4.38. The highest BCUT2D eigenvalue weighted by atomic mass is 32.2. The number of carbonyl (C=O) groups is 1. The highest BCUT2D eigenvalue weighted by Gasteiger charge is 2.30. The maximum atomic E-state index is 12.9. The smallest absolute Gasteiger partial charge is 0.408 e. The molecule has 1 amide bonds. The Morgan fingerprint density at radius 3 is 2.52 bits per heavy atom. The maximum absolute atomic E-state index is 12.9. The van der Waals surface area contributed by atoms with Gasteiger partial charge in [-0.25, -0.2) is 13.2 Å². The van der Waals surface area contributed by atoms with Crippen molar-refractivity contribution in [1.29, 1.82) is 0 Å². The van der Waals surface area contributed by atoms with Gasteiger partial charge in [0, 0.05) is 39.6 Å². The molecule has 1 fully saturated rings. The second kappa shape index (κ2) is 6.64. The molecule has 0 saturated carbocycles. The van der Waals surface area contributed by atoms with Gasteiger partial charge in [0.2, 0.25) is 15.9 Å². The third kappa shape index (κ3) is 3.21. The highest BCUT2D eigenvalue weighted by molar-refractivity contribution is 7.89. The molecule has 1 aromatic heterocycles. The lowest BCUT2D eigenvalue weighted by atomic mass is 10.2. The van der Waals surface area contributed by atoms with Crippen molar-refractivity contribution in [3.8, 4) is 0 Å². The lowest BCUT2D eigenvalue weighted by Gasteiger charge is -2.34. The van der Waals surface area contributed by atoms with Crippen LogP contribution >= 0.6 is 0 Å². The topological polar surface area (TPSA) is 92.8 Å². The van der Waals surface area contributed by atoms with Crippen molar-refractivity contribution in [3.05, 3.63) is 28.7 Å². The molecule has 3 rings (SSSR count). The number of nitrogens with zero attached hydrogens (tertiary/aromatic N) is 3. The Morgan fingerprint density at radius 2 is 1.88 bits per heavy atom. The normalized spacial score (nSPS) is 16.5. The van der Waals surface area contributed by atoms with Crippen molar-refractivity contribution in [3.63, 3.8) is 0 Å². The van der Waals surface area contributed by atoms with Gasteiger partial charge >= 0.3 is 5.76 Å². The number of oxazole rings is 1. The Balaban J connectivity index is 1.82. The van der Waals surface area contributed by atoms with Crippen molar-refractivity contribution in [2.45, 2.75) is 24.7 Å². The van der Waals surface area contributed by atoms with E-state index >= 15 is 0 Å². The van der Waals surface area contributed by atoms with Gasteiger partial charge in [-0.1, -0.05) is 6.92 Å². The number of amides is 1. The maximum Gasteiger partial charge on any atom is 0.419 e. The molecular formula is C16H21N3O5S. The summed E-state index contributed by atoms with van der Waals surface area (Å²) in [6.45, 7) is 3.26. The highest BCUT2D eigenvalue weighted by Crippen LogP contribution is 2.22. The van der Waals surface area contributed by atoms with Crippen LogP contribution in [0.15, 0.2) is 32.3 Å². The standard InChI is InChI=1S/C16H21N3O5S/c1-3-4-15(20)18-7-9-19(10-8-18)25(22,23)12-5-6-14-13(11-12)17(2)16(21)24-14/h5-6,11H,3-4,7-10H2,1-2H3. The molecule has 0 aliphatic carbocycles. The van der Waals surface area contributed by atoms with Gasteiger partial charge in [-0.2, -0.15) is 4.31 Å². The first-order valence-electron chi connectivity index (χ1n) is 8.22.